The number of hydrogen-bond acceptors (Lipinski definition) is 3. The summed E-state index contributed by atoms with van der Waals surface area (Å²) in [6.07, 6.45) is 1.81. The van der Waals surface area contributed by atoms with Crippen LogP contribution in [-0.4, -0.2) is 4.98 Å². The maximum atomic E-state index is 9.16. The average molecular weight is 338 g/mol. The third kappa shape index (κ3) is 2.88. The van der Waals surface area contributed by atoms with E-state index in [0.717, 1.165) is 26.6 Å². The minimum Gasteiger partial charge on any atom is -0.380 e. The highest BCUT2D eigenvalue weighted by atomic mass is 79.9. The second-order valence-electron chi connectivity index (χ2n) is 4.64. The van der Waals surface area contributed by atoms with Gasteiger partial charge in [0.05, 0.1) is 16.8 Å². The maximum absolute atomic E-state index is 9.16. The number of pyridine rings is 1. The first-order valence-electron chi connectivity index (χ1n) is 6.54. The van der Waals surface area contributed by atoms with Crippen molar-refractivity contribution in [3.63, 3.8) is 0 Å². The summed E-state index contributed by atoms with van der Waals surface area (Å²) in [5.74, 6) is 0. The van der Waals surface area contributed by atoms with Gasteiger partial charge in [-0.25, -0.2) is 0 Å². The van der Waals surface area contributed by atoms with Crippen LogP contribution in [0.4, 0.5) is 5.69 Å². The van der Waals surface area contributed by atoms with E-state index in [1.54, 1.807) is 6.07 Å². The second-order valence-corrected chi connectivity index (χ2v) is 5.56. The monoisotopic (exact) mass is 337 g/mol. The second kappa shape index (κ2) is 5.94. The Morgan fingerprint density at radius 3 is 2.86 bits per heavy atom. The minimum atomic E-state index is 0.636. The number of halogens is 1. The summed E-state index contributed by atoms with van der Waals surface area (Å²) in [6.45, 7) is 0.647. The van der Waals surface area contributed by atoms with Crippen LogP contribution in [0, 0.1) is 11.3 Å². The molecule has 21 heavy (non-hydrogen) atoms. The van der Waals surface area contributed by atoms with Crippen molar-refractivity contribution in [2.75, 3.05) is 5.32 Å². The number of anilines is 1. The number of nitrogens with zero attached hydrogens (tertiary/aromatic N) is 2. The molecule has 3 nitrogen and oxygen atoms in total. The summed E-state index contributed by atoms with van der Waals surface area (Å²) in [7, 11) is 0. The van der Waals surface area contributed by atoms with Crippen molar-refractivity contribution in [2.24, 2.45) is 0 Å². The van der Waals surface area contributed by atoms with Crippen LogP contribution in [0.15, 0.2) is 59.2 Å². The van der Waals surface area contributed by atoms with Crippen molar-refractivity contribution in [1.82, 2.24) is 4.98 Å². The molecule has 0 unspecified atom stereocenters. The number of fused-ring (bicyclic) bond motifs is 1. The lowest BCUT2D eigenvalue weighted by Crippen LogP contribution is -2.02. The van der Waals surface area contributed by atoms with E-state index >= 15 is 0 Å². The van der Waals surface area contributed by atoms with Gasteiger partial charge in [-0.2, -0.15) is 5.26 Å². The molecule has 0 bridgehead atoms. The lowest BCUT2D eigenvalue weighted by atomic mass is 10.1. The third-order valence-corrected chi connectivity index (χ3v) is 3.80. The Bertz CT molecular complexity index is 832. The lowest BCUT2D eigenvalue weighted by molar-refractivity contribution is 1.15. The number of nitriles is 1. The molecule has 0 spiro atoms. The fraction of sp³-hybridized carbons (Fsp3) is 0.0588. The van der Waals surface area contributed by atoms with Crippen LogP contribution < -0.4 is 5.32 Å². The standard InChI is InChI=1S/C17H12BrN3/c18-14-6-5-12(10-19)17(9-14)21-11-13-7-8-20-16-4-2-1-3-15(13)16/h1-9,21H,11H2. The molecule has 0 saturated carbocycles. The van der Waals surface area contributed by atoms with Gasteiger partial charge in [0.15, 0.2) is 0 Å². The molecule has 0 aliphatic carbocycles. The molecular formula is C17H12BrN3. The van der Waals surface area contributed by atoms with E-state index < -0.39 is 0 Å². The molecule has 0 aliphatic heterocycles. The number of rotatable bonds is 3. The van der Waals surface area contributed by atoms with Crippen molar-refractivity contribution in [3.8, 4) is 6.07 Å². The third-order valence-electron chi connectivity index (χ3n) is 3.31. The topological polar surface area (TPSA) is 48.7 Å². The van der Waals surface area contributed by atoms with Gasteiger partial charge in [-0.05, 0) is 35.9 Å². The van der Waals surface area contributed by atoms with Gasteiger partial charge >= 0.3 is 0 Å². The number of benzene rings is 2. The van der Waals surface area contributed by atoms with E-state index in [0.29, 0.717) is 12.1 Å². The van der Waals surface area contributed by atoms with Gasteiger partial charge in [0.1, 0.15) is 6.07 Å². The van der Waals surface area contributed by atoms with Crippen molar-refractivity contribution in [1.29, 1.82) is 5.26 Å². The zero-order valence-electron chi connectivity index (χ0n) is 11.2. The molecule has 0 aliphatic rings. The molecule has 1 aromatic heterocycles. The molecule has 0 atom stereocenters. The Morgan fingerprint density at radius 2 is 2.00 bits per heavy atom. The van der Waals surface area contributed by atoms with Crippen molar-refractivity contribution < 1.29 is 0 Å². The zero-order chi connectivity index (χ0) is 14.7. The van der Waals surface area contributed by atoms with Crippen LogP contribution in [0.2, 0.25) is 0 Å². The molecule has 0 saturated heterocycles. The Kier molecular flexibility index (Phi) is 3.85. The van der Waals surface area contributed by atoms with Gasteiger partial charge in [-0.3, -0.25) is 4.98 Å². The van der Waals surface area contributed by atoms with Crippen LogP contribution >= 0.6 is 15.9 Å². The molecule has 3 aromatic rings. The van der Waals surface area contributed by atoms with E-state index in [4.69, 9.17) is 5.26 Å². The first kappa shape index (κ1) is 13.6. The molecule has 4 heteroatoms. The van der Waals surface area contributed by atoms with E-state index in [2.05, 4.69) is 38.4 Å². The van der Waals surface area contributed by atoms with Crippen molar-refractivity contribution >= 4 is 32.5 Å². The molecule has 0 amide bonds. The molecular weight excluding hydrogens is 326 g/mol. The predicted octanol–water partition coefficient (Wildman–Crippen LogP) is 4.48. The van der Waals surface area contributed by atoms with Gasteiger partial charge < -0.3 is 5.32 Å². The Labute approximate surface area is 131 Å². The molecule has 0 radical (unpaired) electrons. The van der Waals surface area contributed by atoms with E-state index in [1.807, 2.05) is 42.6 Å². The summed E-state index contributed by atoms with van der Waals surface area (Å²) in [5.41, 5.74) is 3.60. The Hall–Kier alpha value is -2.38. The summed E-state index contributed by atoms with van der Waals surface area (Å²) in [5, 5.41) is 13.6. The fourth-order valence-corrected chi connectivity index (χ4v) is 2.62. The fourth-order valence-electron chi connectivity index (χ4n) is 2.26. The maximum Gasteiger partial charge on any atom is 0.101 e. The molecule has 0 fully saturated rings. The zero-order valence-corrected chi connectivity index (χ0v) is 12.8. The van der Waals surface area contributed by atoms with Gasteiger partial charge in [-0.15, -0.1) is 0 Å². The first-order chi connectivity index (χ1) is 10.3. The number of nitrogens with one attached hydrogen (secondary N) is 1. The van der Waals surface area contributed by atoms with Crippen LogP contribution in [0.3, 0.4) is 0 Å². The summed E-state index contributed by atoms with van der Waals surface area (Å²) < 4.78 is 0.948. The SMILES string of the molecule is N#Cc1ccc(Br)cc1NCc1ccnc2ccccc12. The van der Waals surface area contributed by atoms with E-state index in [9.17, 15) is 0 Å². The van der Waals surface area contributed by atoms with Crippen LogP contribution in [0.5, 0.6) is 0 Å². The van der Waals surface area contributed by atoms with Crippen LogP contribution in [0.25, 0.3) is 10.9 Å². The first-order valence-corrected chi connectivity index (χ1v) is 7.33. The largest absolute Gasteiger partial charge is 0.380 e. The normalized spacial score (nSPS) is 10.3. The molecule has 1 heterocycles. The number of para-hydroxylation sites is 1. The van der Waals surface area contributed by atoms with Gasteiger partial charge in [-0.1, -0.05) is 34.1 Å². The number of aromatic nitrogens is 1. The average Bonchev–Trinajstić information content (AvgIpc) is 2.53. The van der Waals surface area contributed by atoms with Gasteiger partial charge in [0, 0.05) is 22.6 Å². The van der Waals surface area contributed by atoms with Crippen molar-refractivity contribution in [2.45, 2.75) is 6.54 Å². The molecule has 1 N–H and O–H groups in total. The lowest BCUT2D eigenvalue weighted by Gasteiger charge is -2.10. The van der Waals surface area contributed by atoms with Crippen LogP contribution in [-0.2, 0) is 6.54 Å². The summed E-state index contributed by atoms with van der Waals surface area (Å²) in [4.78, 5) is 4.36. The smallest absolute Gasteiger partial charge is 0.101 e. The van der Waals surface area contributed by atoms with E-state index in [1.165, 1.54) is 0 Å². The molecule has 2 aromatic carbocycles. The Balaban J connectivity index is 1.91. The highest BCUT2D eigenvalue weighted by molar-refractivity contribution is 9.10. The predicted molar refractivity (Wildman–Crippen MR) is 87.9 cm³/mol. The molecule has 102 valence electrons. The molecule has 3 rings (SSSR count). The quantitative estimate of drug-likeness (QED) is 0.766. The highest BCUT2D eigenvalue weighted by Crippen LogP contribution is 2.23. The minimum absolute atomic E-state index is 0.636. The summed E-state index contributed by atoms with van der Waals surface area (Å²) >= 11 is 3.43. The Morgan fingerprint density at radius 1 is 1.14 bits per heavy atom. The summed E-state index contributed by atoms with van der Waals surface area (Å²) in [6, 6.07) is 17.8. The van der Waals surface area contributed by atoms with Crippen LogP contribution in [0.1, 0.15) is 11.1 Å². The van der Waals surface area contributed by atoms with Gasteiger partial charge in [0.25, 0.3) is 0 Å². The van der Waals surface area contributed by atoms with E-state index in [-0.39, 0.29) is 0 Å². The number of hydrogen-bond donors (Lipinski definition) is 1. The highest BCUT2D eigenvalue weighted by Gasteiger charge is 2.05. The van der Waals surface area contributed by atoms with Crippen molar-refractivity contribution in [3.05, 3.63) is 70.3 Å². The van der Waals surface area contributed by atoms with Gasteiger partial charge in [0.2, 0.25) is 0 Å².